The van der Waals surface area contributed by atoms with Crippen LogP contribution in [0.4, 0.5) is 4.39 Å². The normalized spacial score (nSPS) is 12.6. The van der Waals surface area contributed by atoms with Gasteiger partial charge in [0.15, 0.2) is 11.6 Å². The second-order valence-electron chi connectivity index (χ2n) is 4.62. The summed E-state index contributed by atoms with van der Waals surface area (Å²) in [5.41, 5.74) is 1.41. The van der Waals surface area contributed by atoms with E-state index in [-0.39, 0.29) is 24.9 Å². The van der Waals surface area contributed by atoms with Crippen molar-refractivity contribution in [1.29, 1.82) is 0 Å². The molecular weight excluding hydrogens is 263 g/mol. The Kier molecular flexibility index (Phi) is 4.82. The average molecular weight is 282 g/mol. The third-order valence-corrected chi connectivity index (χ3v) is 3.20. The summed E-state index contributed by atoms with van der Waals surface area (Å²) in [5.74, 6) is -0.116. The third-order valence-electron chi connectivity index (χ3n) is 3.20. The zero-order valence-corrected chi connectivity index (χ0v) is 11.8. The summed E-state index contributed by atoms with van der Waals surface area (Å²) in [7, 11) is 0. The Labute approximate surface area is 117 Å². The van der Waals surface area contributed by atoms with Gasteiger partial charge in [0.25, 0.3) is 0 Å². The standard InChI is InChI=1S/C15H19FO4/c1-3-5-10-8-12-15(20-9-19-12)14(16)11(10)6-7-13(17)18-4-2/h8H,3-7,9H2,1-2H3. The highest BCUT2D eigenvalue weighted by Crippen LogP contribution is 2.39. The number of esters is 1. The number of ether oxygens (including phenoxy) is 3. The van der Waals surface area contributed by atoms with E-state index in [9.17, 15) is 9.18 Å². The molecule has 20 heavy (non-hydrogen) atoms. The van der Waals surface area contributed by atoms with Crippen LogP contribution >= 0.6 is 0 Å². The quantitative estimate of drug-likeness (QED) is 0.752. The summed E-state index contributed by atoms with van der Waals surface area (Å²) in [4.78, 5) is 11.4. The lowest BCUT2D eigenvalue weighted by Crippen LogP contribution is -2.08. The van der Waals surface area contributed by atoms with E-state index < -0.39 is 5.82 Å². The molecule has 0 bridgehead atoms. The van der Waals surface area contributed by atoms with Crippen LogP contribution in [-0.4, -0.2) is 19.4 Å². The zero-order valence-electron chi connectivity index (χ0n) is 11.8. The fourth-order valence-corrected chi connectivity index (χ4v) is 2.31. The molecule has 0 saturated carbocycles. The highest BCUT2D eigenvalue weighted by Gasteiger charge is 2.24. The number of aryl methyl sites for hydroxylation is 1. The van der Waals surface area contributed by atoms with E-state index in [0.29, 0.717) is 24.3 Å². The number of carbonyl (C=O) groups is 1. The number of halogens is 1. The van der Waals surface area contributed by atoms with Gasteiger partial charge >= 0.3 is 5.97 Å². The molecule has 5 heteroatoms. The minimum atomic E-state index is -0.409. The van der Waals surface area contributed by atoms with Gasteiger partial charge in [-0.15, -0.1) is 0 Å². The molecule has 1 aliphatic rings. The molecule has 0 aliphatic carbocycles. The van der Waals surface area contributed by atoms with Crippen molar-refractivity contribution in [3.8, 4) is 11.5 Å². The average Bonchev–Trinajstić information content (AvgIpc) is 2.87. The molecule has 1 aromatic carbocycles. The van der Waals surface area contributed by atoms with Crippen LogP contribution in [0.2, 0.25) is 0 Å². The predicted molar refractivity (Wildman–Crippen MR) is 71.5 cm³/mol. The highest BCUT2D eigenvalue weighted by molar-refractivity contribution is 5.70. The second kappa shape index (κ2) is 6.59. The number of hydrogen-bond acceptors (Lipinski definition) is 4. The molecule has 0 fully saturated rings. The van der Waals surface area contributed by atoms with E-state index in [1.807, 2.05) is 13.0 Å². The van der Waals surface area contributed by atoms with E-state index in [1.165, 1.54) is 0 Å². The van der Waals surface area contributed by atoms with Gasteiger partial charge in [-0.25, -0.2) is 4.39 Å². The third kappa shape index (κ3) is 3.03. The number of hydrogen-bond donors (Lipinski definition) is 0. The van der Waals surface area contributed by atoms with Gasteiger partial charge in [-0.3, -0.25) is 4.79 Å². The van der Waals surface area contributed by atoms with Crippen molar-refractivity contribution in [2.75, 3.05) is 13.4 Å². The van der Waals surface area contributed by atoms with Gasteiger partial charge in [0.1, 0.15) is 0 Å². The van der Waals surface area contributed by atoms with Gasteiger partial charge in [-0.05, 0) is 37.0 Å². The minimum absolute atomic E-state index is 0.0408. The van der Waals surface area contributed by atoms with Gasteiger partial charge in [-0.2, -0.15) is 0 Å². The minimum Gasteiger partial charge on any atom is -0.466 e. The Morgan fingerprint density at radius 2 is 2.15 bits per heavy atom. The Morgan fingerprint density at radius 3 is 2.85 bits per heavy atom. The van der Waals surface area contributed by atoms with Gasteiger partial charge < -0.3 is 14.2 Å². The van der Waals surface area contributed by atoms with Crippen molar-refractivity contribution in [1.82, 2.24) is 0 Å². The van der Waals surface area contributed by atoms with Crippen molar-refractivity contribution in [3.63, 3.8) is 0 Å². The first-order valence-electron chi connectivity index (χ1n) is 6.92. The Hall–Kier alpha value is -1.78. The van der Waals surface area contributed by atoms with E-state index >= 15 is 0 Å². The summed E-state index contributed by atoms with van der Waals surface area (Å²) in [5, 5.41) is 0. The maximum atomic E-state index is 14.4. The lowest BCUT2D eigenvalue weighted by molar-refractivity contribution is -0.143. The largest absolute Gasteiger partial charge is 0.466 e. The lowest BCUT2D eigenvalue weighted by atomic mass is 9.97. The monoisotopic (exact) mass is 282 g/mol. The topological polar surface area (TPSA) is 44.8 Å². The molecule has 4 nitrogen and oxygen atoms in total. The highest BCUT2D eigenvalue weighted by atomic mass is 19.1. The van der Waals surface area contributed by atoms with Gasteiger partial charge in [0.2, 0.25) is 12.5 Å². The van der Waals surface area contributed by atoms with E-state index in [2.05, 4.69) is 0 Å². The number of carbonyl (C=O) groups excluding carboxylic acids is 1. The maximum absolute atomic E-state index is 14.4. The van der Waals surface area contributed by atoms with Crippen molar-refractivity contribution in [2.45, 2.75) is 39.5 Å². The van der Waals surface area contributed by atoms with Gasteiger partial charge in [0, 0.05) is 6.42 Å². The van der Waals surface area contributed by atoms with Crippen LogP contribution in [-0.2, 0) is 22.4 Å². The predicted octanol–water partition coefficient (Wildman–Crippen LogP) is 3.00. The Bertz CT molecular complexity index is 499. The fourth-order valence-electron chi connectivity index (χ4n) is 2.31. The molecular formula is C15H19FO4. The first-order valence-corrected chi connectivity index (χ1v) is 6.92. The lowest BCUT2D eigenvalue weighted by Gasteiger charge is -2.12. The molecule has 110 valence electrons. The molecule has 0 radical (unpaired) electrons. The summed E-state index contributed by atoms with van der Waals surface area (Å²) in [6.45, 7) is 4.16. The molecule has 0 saturated heterocycles. The number of fused-ring (bicyclic) bond motifs is 1. The smallest absolute Gasteiger partial charge is 0.306 e. The molecule has 1 heterocycles. The van der Waals surface area contributed by atoms with Crippen LogP contribution in [0.25, 0.3) is 0 Å². The van der Waals surface area contributed by atoms with Crippen molar-refractivity contribution in [2.24, 2.45) is 0 Å². The first kappa shape index (κ1) is 14.6. The van der Waals surface area contributed by atoms with E-state index in [0.717, 1.165) is 18.4 Å². The van der Waals surface area contributed by atoms with Crippen LogP contribution < -0.4 is 9.47 Å². The number of rotatable bonds is 6. The van der Waals surface area contributed by atoms with Crippen LogP contribution in [0.5, 0.6) is 11.5 Å². The van der Waals surface area contributed by atoms with E-state index in [1.54, 1.807) is 6.92 Å². The van der Waals surface area contributed by atoms with Crippen molar-refractivity contribution < 1.29 is 23.4 Å². The SMILES string of the molecule is CCCc1cc2c(c(F)c1CCC(=O)OCC)OCO2. The van der Waals surface area contributed by atoms with Crippen molar-refractivity contribution >= 4 is 5.97 Å². The molecule has 0 spiro atoms. The van der Waals surface area contributed by atoms with Crippen LogP contribution in [0.1, 0.15) is 37.8 Å². The molecule has 0 amide bonds. The molecule has 1 aromatic rings. The van der Waals surface area contributed by atoms with Gasteiger partial charge in [-0.1, -0.05) is 13.3 Å². The fraction of sp³-hybridized carbons (Fsp3) is 0.533. The molecule has 0 N–H and O–H groups in total. The molecule has 2 rings (SSSR count). The molecule has 0 unspecified atom stereocenters. The second-order valence-corrected chi connectivity index (χ2v) is 4.62. The summed E-state index contributed by atoms with van der Waals surface area (Å²) < 4.78 is 29.7. The van der Waals surface area contributed by atoms with E-state index in [4.69, 9.17) is 14.2 Å². The van der Waals surface area contributed by atoms with Crippen molar-refractivity contribution in [3.05, 3.63) is 23.0 Å². The first-order chi connectivity index (χ1) is 9.67. The maximum Gasteiger partial charge on any atom is 0.306 e. The van der Waals surface area contributed by atoms with Gasteiger partial charge in [0.05, 0.1) is 6.61 Å². The molecule has 0 aromatic heterocycles. The number of benzene rings is 1. The Morgan fingerprint density at radius 1 is 1.35 bits per heavy atom. The molecule has 0 atom stereocenters. The van der Waals surface area contributed by atoms with Crippen LogP contribution in [0.3, 0.4) is 0 Å². The molecule has 1 aliphatic heterocycles. The van der Waals surface area contributed by atoms with Crippen LogP contribution in [0, 0.1) is 5.82 Å². The van der Waals surface area contributed by atoms with Crippen LogP contribution in [0.15, 0.2) is 6.07 Å². The summed E-state index contributed by atoms with van der Waals surface area (Å²) in [6.07, 6.45) is 2.12. The zero-order chi connectivity index (χ0) is 14.5. The summed E-state index contributed by atoms with van der Waals surface area (Å²) in [6, 6.07) is 1.81. The Balaban J connectivity index is 2.23. The summed E-state index contributed by atoms with van der Waals surface area (Å²) >= 11 is 0.